The van der Waals surface area contributed by atoms with E-state index in [0.717, 1.165) is 13.1 Å². The van der Waals surface area contributed by atoms with Crippen LogP contribution < -0.4 is 26.1 Å². The van der Waals surface area contributed by atoms with E-state index in [1.807, 2.05) is 0 Å². The highest BCUT2D eigenvalue weighted by Crippen LogP contribution is 2.36. The van der Waals surface area contributed by atoms with Gasteiger partial charge in [-0.15, -0.1) is 0 Å². The summed E-state index contributed by atoms with van der Waals surface area (Å²) in [6, 6.07) is 52.8. The molecular formula is C34H33NO2P2. The van der Waals surface area contributed by atoms with Crippen molar-refractivity contribution in [1.29, 1.82) is 0 Å². The van der Waals surface area contributed by atoms with Crippen molar-refractivity contribution in [3.63, 3.8) is 0 Å². The predicted molar refractivity (Wildman–Crippen MR) is 169 cm³/mol. The van der Waals surface area contributed by atoms with Gasteiger partial charge in [0.1, 0.15) is 0 Å². The van der Waals surface area contributed by atoms with Crippen LogP contribution in [0.1, 0.15) is 0 Å². The first-order valence-corrected chi connectivity index (χ1v) is 15.8. The van der Waals surface area contributed by atoms with Crippen molar-refractivity contribution in [3.8, 4) is 0 Å². The lowest BCUT2D eigenvalue weighted by atomic mass is 10.3. The fourth-order valence-electron chi connectivity index (χ4n) is 4.34. The average Bonchev–Trinajstić information content (AvgIpc) is 3.02. The van der Waals surface area contributed by atoms with Crippen molar-refractivity contribution in [1.82, 2.24) is 0 Å². The van der Waals surface area contributed by atoms with Crippen molar-refractivity contribution >= 4 is 43.2 Å². The molecule has 0 radical (unpaired) electrons. The van der Waals surface area contributed by atoms with Crippen LogP contribution in [0.2, 0.25) is 0 Å². The van der Waals surface area contributed by atoms with Crippen LogP contribution in [0.4, 0.5) is 5.69 Å². The summed E-state index contributed by atoms with van der Waals surface area (Å²) >= 11 is 0. The van der Waals surface area contributed by atoms with Gasteiger partial charge in [-0.05, 0) is 12.1 Å². The Morgan fingerprint density at radius 3 is 0.974 bits per heavy atom. The molecule has 0 saturated heterocycles. The third kappa shape index (κ3) is 7.85. The molecule has 5 aromatic carbocycles. The van der Waals surface area contributed by atoms with E-state index in [9.17, 15) is 0 Å². The van der Waals surface area contributed by atoms with Crippen molar-refractivity contribution in [2.75, 3.05) is 31.2 Å². The Labute approximate surface area is 234 Å². The molecule has 0 aromatic heterocycles. The molecule has 196 valence electrons. The fraction of sp³-hybridized carbons (Fsp3) is 0.118. The van der Waals surface area contributed by atoms with Gasteiger partial charge in [-0.2, -0.15) is 0 Å². The van der Waals surface area contributed by atoms with Gasteiger partial charge in [-0.3, -0.25) is 0 Å². The van der Waals surface area contributed by atoms with Crippen LogP contribution in [-0.2, 0) is 9.05 Å². The number of rotatable bonds is 13. The number of anilines is 1. The zero-order valence-electron chi connectivity index (χ0n) is 21.9. The summed E-state index contributed by atoms with van der Waals surface area (Å²) in [6.07, 6.45) is 0. The standard InChI is InChI=1S/C34H33NO2P2/c1-6-16-30(17-7-1)35(26-28-36-38(31-18-8-2-9-19-31)32-20-10-3-11-21-32)27-29-37-39(33-22-12-4-13-23-33)34-24-14-5-15-25-34/h1-25H,26-29H2. The van der Waals surface area contributed by atoms with Gasteiger partial charge in [0.2, 0.25) is 0 Å². The van der Waals surface area contributed by atoms with Crippen LogP contribution in [0.25, 0.3) is 0 Å². The number of hydrogen-bond donors (Lipinski definition) is 0. The normalized spacial score (nSPS) is 11.1. The molecule has 3 nitrogen and oxygen atoms in total. The summed E-state index contributed by atoms with van der Waals surface area (Å²) in [4.78, 5) is 2.37. The van der Waals surface area contributed by atoms with Gasteiger partial charge >= 0.3 is 0 Å². The molecular weight excluding hydrogens is 516 g/mol. The van der Waals surface area contributed by atoms with Crippen LogP contribution in [0, 0.1) is 0 Å². The van der Waals surface area contributed by atoms with Gasteiger partial charge in [0.15, 0.2) is 0 Å². The van der Waals surface area contributed by atoms with Crippen LogP contribution in [0.5, 0.6) is 0 Å². The lowest BCUT2D eigenvalue weighted by Gasteiger charge is -2.27. The minimum atomic E-state index is -0.889. The molecule has 0 saturated carbocycles. The van der Waals surface area contributed by atoms with Crippen molar-refractivity contribution in [2.24, 2.45) is 0 Å². The molecule has 0 aliphatic rings. The number of para-hydroxylation sites is 1. The summed E-state index contributed by atoms with van der Waals surface area (Å²) < 4.78 is 13.2. The largest absolute Gasteiger partial charge is 0.367 e. The molecule has 5 heteroatoms. The van der Waals surface area contributed by atoms with E-state index >= 15 is 0 Å². The van der Waals surface area contributed by atoms with Gasteiger partial charge in [0.05, 0.1) is 29.5 Å². The molecule has 0 unspecified atom stereocenters. The molecule has 0 atom stereocenters. The highest BCUT2D eigenvalue weighted by atomic mass is 31.1. The third-order valence-electron chi connectivity index (χ3n) is 6.25. The molecule has 5 rings (SSSR count). The second kappa shape index (κ2) is 14.7. The summed E-state index contributed by atoms with van der Waals surface area (Å²) in [5.74, 6) is 0. The fourth-order valence-corrected chi connectivity index (χ4v) is 7.84. The minimum Gasteiger partial charge on any atom is -0.367 e. The Morgan fingerprint density at radius 1 is 0.385 bits per heavy atom. The molecule has 5 aromatic rings. The summed E-state index contributed by atoms with van der Waals surface area (Å²) in [7, 11) is -1.78. The van der Waals surface area contributed by atoms with E-state index in [1.165, 1.54) is 26.9 Å². The van der Waals surface area contributed by atoms with Crippen molar-refractivity contribution in [2.45, 2.75) is 0 Å². The third-order valence-corrected chi connectivity index (χ3v) is 10.2. The van der Waals surface area contributed by atoms with Crippen LogP contribution in [0.3, 0.4) is 0 Å². The van der Waals surface area contributed by atoms with Crippen LogP contribution >= 0.6 is 16.3 Å². The van der Waals surface area contributed by atoms with Gasteiger partial charge in [-0.25, -0.2) is 0 Å². The Balaban J connectivity index is 1.27. The summed E-state index contributed by atoms with van der Waals surface area (Å²) in [5.41, 5.74) is 1.18. The van der Waals surface area contributed by atoms with E-state index in [2.05, 4.69) is 157 Å². The number of hydrogen-bond acceptors (Lipinski definition) is 3. The first kappa shape index (κ1) is 27.3. The molecule has 0 aliphatic heterocycles. The predicted octanol–water partition coefficient (Wildman–Crippen LogP) is 6.62. The maximum atomic E-state index is 6.62. The van der Waals surface area contributed by atoms with Crippen LogP contribution in [0.15, 0.2) is 152 Å². The SMILES string of the molecule is c1ccc(N(CCOP(c2ccccc2)c2ccccc2)CCOP(c2ccccc2)c2ccccc2)cc1. The van der Waals surface area contributed by atoms with Gasteiger partial charge < -0.3 is 13.9 Å². The Bertz CT molecular complexity index is 1190. The topological polar surface area (TPSA) is 21.7 Å². The lowest BCUT2D eigenvalue weighted by Crippen LogP contribution is -2.31. The zero-order chi connectivity index (χ0) is 26.5. The van der Waals surface area contributed by atoms with Crippen molar-refractivity contribution in [3.05, 3.63) is 152 Å². The highest BCUT2D eigenvalue weighted by molar-refractivity contribution is 7.68. The van der Waals surface area contributed by atoms with Crippen LogP contribution in [-0.4, -0.2) is 26.3 Å². The quantitative estimate of drug-likeness (QED) is 0.154. The highest BCUT2D eigenvalue weighted by Gasteiger charge is 2.18. The molecule has 0 fully saturated rings. The van der Waals surface area contributed by atoms with E-state index in [1.54, 1.807) is 0 Å². The molecule has 0 aliphatic carbocycles. The Hall–Kier alpha value is -3.32. The van der Waals surface area contributed by atoms with E-state index in [0.29, 0.717) is 13.2 Å². The first-order valence-electron chi connectivity index (χ1n) is 13.2. The summed E-state index contributed by atoms with van der Waals surface area (Å²) in [6.45, 7) is 2.80. The number of nitrogens with zero attached hydrogens (tertiary/aromatic N) is 1. The van der Waals surface area contributed by atoms with E-state index in [4.69, 9.17) is 9.05 Å². The summed E-state index contributed by atoms with van der Waals surface area (Å²) in [5, 5.41) is 4.91. The van der Waals surface area contributed by atoms with Gasteiger partial charge in [0, 0.05) is 40.0 Å². The van der Waals surface area contributed by atoms with Crippen molar-refractivity contribution < 1.29 is 9.05 Å². The zero-order valence-corrected chi connectivity index (χ0v) is 23.7. The van der Waals surface area contributed by atoms with E-state index < -0.39 is 16.3 Å². The molecule has 0 amide bonds. The first-order chi connectivity index (χ1) is 19.4. The van der Waals surface area contributed by atoms with Gasteiger partial charge in [0.25, 0.3) is 0 Å². The maximum Gasteiger partial charge on any atom is 0.0918 e. The molecule has 0 heterocycles. The second-order valence-electron chi connectivity index (χ2n) is 8.92. The molecule has 0 N–H and O–H groups in total. The van der Waals surface area contributed by atoms with E-state index in [-0.39, 0.29) is 0 Å². The molecule has 0 spiro atoms. The molecule has 39 heavy (non-hydrogen) atoms. The lowest BCUT2D eigenvalue weighted by molar-refractivity contribution is 0.343. The monoisotopic (exact) mass is 549 g/mol. The average molecular weight is 550 g/mol. The maximum absolute atomic E-state index is 6.62. The smallest absolute Gasteiger partial charge is 0.0918 e. The second-order valence-corrected chi connectivity index (χ2v) is 12.7. The molecule has 0 bridgehead atoms. The number of benzene rings is 5. The Morgan fingerprint density at radius 2 is 0.667 bits per heavy atom. The Kier molecular flexibility index (Phi) is 10.3. The minimum absolute atomic E-state index is 0.622. The van der Waals surface area contributed by atoms with Gasteiger partial charge in [-0.1, -0.05) is 140 Å².